The largest absolute Gasteiger partial charge is 0.336 e. The quantitative estimate of drug-likeness (QED) is 0.602. The zero-order chi connectivity index (χ0) is 6.69. The summed E-state index contributed by atoms with van der Waals surface area (Å²) in [5.41, 5.74) is 0. The van der Waals surface area contributed by atoms with E-state index in [9.17, 15) is 4.79 Å². The van der Waals surface area contributed by atoms with Crippen molar-refractivity contribution in [3.05, 3.63) is 29.3 Å². The molecule has 0 spiro atoms. The van der Waals surface area contributed by atoms with Gasteiger partial charge in [-0.1, -0.05) is 6.07 Å². The summed E-state index contributed by atoms with van der Waals surface area (Å²) in [5.74, 6) is 0.130. The first-order valence-electron chi connectivity index (χ1n) is 2.70. The maximum absolute atomic E-state index is 10.8. The number of hydrogen-bond donors (Lipinski definition) is 0. The molecule has 0 aliphatic heterocycles. The van der Waals surface area contributed by atoms with Gasteiger partial charge < -0.3 is 6.92 Å². The van der Waals surface area contributed by atoms with Crippen molar-refractivity contribution in [2.75, 3.05) is 0 Å². The molecule has 0 atom stereocenters. The SMILES string of the molecule is [CH2-]CC(=O)c1cccs1.[W]. The van der Waals surface area contributed by atoms with Gasteiger partial charge in [-0.15, -0.1) is 17.8 Å². The standard InChI is InChI=1S/C7H7OS.W/c1-2-6(8)7-4-3-5-9-7;/h3-5H,1-2H2;/q-1;. The van der Waals surface area contributed by atoms with Gasteiger partial charge in [0.05, 0.1) is 4.88 Å². The van der Waals surface area contributed by atoms with Crippen LogP contribution < -0.4 is 0 Å². The van der Waals surface area contributed by atoms with E-state index in [4.69, 9.17) is 0 Å². The third-order valence-corrected chi connectivity index (χ3v) is 1.93. The fraction of sp³-hybridized carbons (Fsp3) is 0.143. The van der Waals surface area contributed by atoms with E-state index < -0.39 is 0 Å². The summed E-state index contributed by atoms with van der Waals surface area (Å²) < 4.78 is 0. The summed E-state index contributed by atoms with van der Waals surface area (Å²) >= 11 is 1.47. The van der Waals surface area contributed by atoms with E-state index in [0.29, 0.717) is 6.42 Å². The molecule has 1 aromatic rings. The molecule has 0 N–H and O–H groups in total. The molecule has 0 bridgehead atoms. The average molecular weight is 323 g/mol. The molecule has 0 radical (unpaired) electrons. The minimum Gasteiger partial charge on any atom is -0.336 e. The van der Waals surface area contributed by atoms with Crippen molar-refractivity contribution in [3.63, 3.8) is 0 Å². The van der Waals surface area contributed by atoms with Gasteiger partial charge in [0, 0.05) is 21.1 Å². The summed E-state index contributed by atoms with van der Waals surface area (Å²) in [5, 5.41) is 1.89. The van der Waals surface area contributed by atoms with Gasteiger partial charge in [-0.05, 0) is 11.4 Å². The first-order chi connectivity index (χ1) is 4.34. The molecule has 1 heterocycles. The third-order valence-electron chi connectivity index (χ3n) is 1.02. The summed E-state index contributed by atoms with van der Waals surface area (Å²) in [6.07, 6.45) is 0.362. The minimum atomic E-state index is 0. The van der Waals surface area contributed by atoms with Crippen molar-refractivity contribution in [2.24, 2.45) is 0 Å². The van der Waals surface area contributed by atoms with E-state index in [1.807, 2.05) is 17.5 Å². The number of Topliss-reactive ketones (excluding diaryl/α,β-unsaturated/α-hetero) is 1. The van der Waals surface area contributed by atoms with Crippen LogP contribution in [0.1, 0.15) is 16.1 Å². The van der Waals surface area contributed by atoms with Crippen LogP contribution >= 0.6 is 11.3 Å². The average Bonchev–Trinajstić information content (AvgIpc) is 2.37. The van der Waals surface area contributed by atoms with E-state index >= 15 is 0 Å². The number of hydrogen-bond acceptors (Lipinski definition) is 2. The molecule has 0 unspecified atom stereocenters. The van der Waals surface area contributed by atoms with E-state index in [2.05, 4.69) is 6.92 Å². The Bertz CT molecular complexity index is 193. The molecule has 0 fully saturated rings. The van der Waals surface area contributed by atoms with Crippen molar-refractivity contribution in [1.29, 1.82) is 0 Å². The van der Waals surface area contributed by atoms with E-state index in [0.717, 1.165) is 4.88 Å². The molecule has 54 valence electrons. The van der Waals surface area contributed by atoms with Crippen molar-refractivity contribution >= 4 is 17.1 Å². The molecule has 0 aliphatic carbocycles. The Balaban J connectivity index is 0.000000810. The maximum Gasteiger partial charge on any atom is 0.143 e. The van der Waals surface area contributed by atoms with Gasteiger partial charge in [-0.3, -0.25) is 4.79 Å². The number of carbonyl (C=O) groups is 1. The zero-order valence-corrected chi connectivity index (χ0v) is 9.12. The Labute approximate surface area is 78.7 Å². The second kappa shape index (κ2) is 4.81. The number of thiophene rings is 1. The van der Waals surface area contributed by atoms with Gasteiger partial charge in [0.15, 0.2) is 0 Å². The van der Waals surface area contributed by atoms with Crippen LogP contribution in [0, 0.1) is 6.92 Å². The molecule has 1 rings (SSSR count). The van der Waals surface area contributed by atoms with Crippen LogP contribution in [0.15, 0.2) is 17.5 Å². The molecule has 1 aromatic heterocycles. The van der Waals surface area contributed by atoms with Crippen LogP contribution in [0.4, 0.5) is 0 Å². The molecular formula is C7H7OSW-. The Kier molecular flexibility index (Phi) is 4.84. The molecular weight excluding hydrogens is 316 g/mol. The molecule has 0 saturated heterocycles. The molecule has 10 heavy (non-hydrogen) atoms. The van der Waals surface area contributed by atoms with Crippen LogP contribution in [-0.2, 0) is 21.1 Å². The topological polar surface area (TPSA) is 17.1 Å². The van der Waals surface area contributed by atoms with Crippen molar-refractivity contribution in [3.8, 4) is 0 Å². The van der Waals surface area contributed by atoms with Gasteiger partial charge in [0.2, 0.25) is 0 Å². The van der Waals surface area contributed by atoms with Gasteiger partial charge in [0.25, 0.3) is 0 Å². The Hall–Kier alpha value is 0.0583. The van der Waals surface area contributed by atoms with Crippen LogP contribution in [0.25, 0.3) is 0 Å². The smallest absolute Gasteiger partial charge is 0.143 e. The summed E-state index contributed by atoms with van der Waals surface area (Å²) in [4.78, 5) is 11.6. The van der Waals surface area contributed by atoms with Gasteiger partial charge in [-0.2, -0.15) is 0 Å². The van der Waals surface area contributed by atoms with Crippen molar-refractivity contribution in [2.45, 2.75) is 6.42 Å². The first kappa shape index (κ1) is 10.1. The monoisotopic (exact) mass is 323 g/mol. The van der Waals surface area contributed by atoms with Gasteiger partial charge >= 0.3 is 0 Å². The zero-order valence-electron chi connectivity index (χ0n) is 5.37. The fourth-order valence-corrected chi connectivity index (χ4v) is 1.25. The van der Waals surface area contributed by atoms with Crippen molar-refractivity contribution < 1.29 is 25.9 Å². The molecule has 0 amide bonds. The van der Waals surface area contributed by atoms with Gasteiger partial charge in [0.1, 0.15) is 5.78 Å². The van der Waals surface area contributed by atoms with Crippen molar-refractivity contribution in [1.82, 2.24) is 0 Å². The Morgan fingerprint density at radius 3 is 2.80 bits per heavy atom. The minimum absolute atomic E-state index is 0. The summed E-state index contributed by atoms with van der Waals surface area (Å²) in [7, 11) is 0. The third kappa shape index (κ3) is 2.35. The normalized spacial score (nSPS) is 8.50. The fourth-order valence-electron chi connectivity index (χ4n) is 0.560. The van der Waals surface area contributed by atoms with Crippen LogP contribution in [-0.4, -0.2) is 5.78 Å². The van der Waals surface area contributed by atoms with E-state index in [-0.39, 0.29) is 26.8 Å². The predicted molar refractivity (Wildman–Crippen MR) is 38.6 cm³/mol. The Morgan fingerprint density at radius 2 is 2.40 bits per heavy atom. The maximum atomic E-state index is 10.8. The van der Waals surface area contributed by atoms with Crippen LogP contribution in [0.2, 0.25) is 0 Å². The van der Waals surface area contributed by atoms with Crippen LogP contribution in [0.5, 0.6) is 0 Å². The molecule has 0 saturated carbocycles. The molecule has 1 nitrogen and oxygen atoms in total. The molecule has 0 aromatic carbocycles. The Morgan fingerprint density at radius 1 is 1.70 bits per heavy atom. The summed E-state index contributed by atoms with van der Waals surface area (Å²) in [6.45, 7) is 3.50. The first-order valence-corrected chi connectivity index (χ1v) is 3.58. The number of rotatable bonds is 2. The van der Waals surface area contributed by atoms with E-state index in [1.165, 1.54) is 11.3 Å². The predicted octanol–water partition coefficient (Wildman–Crippen LogP) is 2.15. The number of carbonyl (C=O) groups excluding carboxylic acids is 1. The second-order valence-electron chi connectivity index (χ2n) is 1.65. The van der Waals surface area contributed by atoms with Crippen LogP contribution in [0.3, 0.4) is 0 Å². The van der Waals surface area contributed by atoms with Gasteiger partial charge in [-0.25, -0.2) is 0 Å². The summed E-state index contributed by atoms with van der Waals surface area (Å²) in [6, 6.07) is 3.69. The second-order valence-corrected chi connectivity index (χ2v) is 2.60. The van der Waals surface area contributed by atoms with E-state index in [1.54, 1.807) is 0 Å². The molecule has 3 heteroatoms. The molecule has 0 aliphatic rings. The number of ketones is 1.